The number of para-hydroxylation sites is 1. The summed E-state index contributed by atoms with van der Waals surface area (Å²) in [6, 6.07) is 13.4. The maximum atomic E-state index is 13.5. The molecule has 3 aromatic rings. The Labute approximate surface area is 266 Å². The lowest BCUT2D eigenvalue weighted by molar-refractivity contribution is -0.116. The van der Waals surface area contributed by atoms with Crippen LogP contribution in [0.5, 0.6) is 5.88 Å². The highest BCUT2D eigenvalue weighted by Crippen LogP contribution is 2.28. The zero-order valence-electron chi connectivity index (χ0n) is 26.1. The molecule has 2 N–H and O–H groups in total. The SMILES string of the molecule is CCCCN1C(=O)N(c2ccccc2)C(=O)/C(=C/C/C=C/C=C/c2c(O)n(CCC)c(=O)n(-c3ccc(C(=O)O)cc3)c2=O)C1C. The lowest BCUT2D eigenvalue weighted by Gasteiger charge is -2.40. The normalized spacial score (nSPS) is 16.3. The number of nitrogens with zero attached hydrogens (tertiary/aromatic N) is 4. The average Bonchev–Trinajstić information content (AvgIpc) is 3.04. The predicted octanol–water partition coefficient (Wildman–Crippen LogP) is 5.36. The standard InChI is InChI=1S/C35H38N4O7/c1-4-6-23-36-24(3)28(31(41)38(34(36)45)26-14-10-9-11-15-26)16-12-7-8-13-17-29-30(40)37(22-5-2)35(46)39(32(29)42)27-20-18-25(19-21-27)33(43)44/h7-11,13-21,24,40H,4-6,12,22-23H2,1-3H3,(H,43,44)/b8-7+,17-13+,28-16+. The lowest BCUT2D eigenvalue weighted by Crippen LogP contribution is -2.58. The van der Waals surface area contributed by atoms with E-state index in [1.807, 2.05) is 26.8 Å². The lowest BCUT2D eigenvalue weighted by atomic mass is 10.00. The van der Waals surface area contributed by atoms with Crippen LogP contribution in [-0.4, -0.2) is 54.7 Å². The van der Waals surface area contributed by atoms with Gasteiger partial charge in [0.25, 0.3) is 11.5 Å². The van der Waals surface area contributed by atoms with Crippen molar-refractivity contribution in [2.45, 2.75) is 59.0 Å². The molecule has 0 bridgehead atoms. The van der Waals surface area contributed by atoms with Crippen molar-refractivity contribution < 1.29 is 24.6 Å². The van der Waals surface area contributed by atoms with Crippen molar-refractivity contribution in [2.75, 3.05) is 11.4 Å². The molecule has 1 unspecified atom stereocenters. The highest BCUT2D eigenvalue weighted by atomic mass is 16.4. The Balaban J connectivity index is 1.61. The first-order valence-corrected chi connectivity index (χ1v) is 15.3. The Bertz CT molecular complexity index is 1800. The summed E-state index contributed by atoms with van der Waals surface area (Å²) in [5, 5.41) is 20.0. The van der Waals surface area contributed by atoms with Crippen molar-refractivity contribution in [3.8, 4) is 11.6 Å². The van der Waals surface area contributed by atoms with Crippen molar-refractivity contribution >= 4 is 29.7 Å². The zero-order chi connectivity index (χ0) is 33.4. The van der Waals surface area contributed by atoms with Crippen molar-refractivity contribution in [3.05, 3.63) is 116 Å². The van der Waals surface area contributed by atoms with E-state index >= 15 is 0 Å². The number of anilines is 1. The third-order valence-corrected chi connectivity index (χ3v) is 7.73. The average molecular weight is 627 g/mol. The molecule has 1 fully saturated rings. The molecular formula is C35H38N4O7. The summed E-state index contributed by atoms with van der Waals surface area (Å²) in [6.45, 7) is 6.39. The Morgan fingerprint density at radius 3 is 2.22 bits per heavy atom. The highest BCUT2D eigenvalue weighted by molar-refractivity contribution is 6.23. The molecule has 2 heterocycles. The fourth-order valence-corrected chi connectivity index (χ4v) is 5.25. The Hall–Kier alpha value is -5.45. The second-order valence-electron chi connectivity index (χ2n) is 10.8. The van der Waals surface area contributed by atoms with Crippen LogP contribution in [0.2, 0.25) is 0 Å². The number of amides is 3. The smallest absolute Gasteiger partial charge is 0.338 e. The molecule has 1 aromatic heterocycles. The van der Waals surface area contributed by atoms with E-state index in [1.165, 1.54) is 35.2 Å². The second-order valence-corrected chi connectivity index (χ2v) is 10.8. The molecule has 1 saturated heterocycles. The number of benzene rings is 2. The molecule has 1 aliphatic rings. The fraction of sp³-hybridized carbons (Fsp3) is 0.286. The van der Waals surface area contributed by atoms with E-state index in [2.05, 4.69) is 0 Å². The van der Waals surface area contributed by atoms with Crippen LogP contribution >= 0.6 is 0 Å². The summed E-state index contributed by atoms with van der Waals surface area (Å²) in [7, 11) is 0. The van der Waals surface area contributed by atoms with Crippen LogP contribution in [0, 0.1) is 0 Å². The minimum Gasteiger partial charge on any atom is -0.494 e. The molecule has 0 radical (unpaired) electrons. The summed E-state index contributed by atoms with van der Waals surface area (Å²) in [4.78, 5) is 67.5. The first kappa shape index (κ1) is 33.4. The third kappa shape index (κ3) is 6.93. The predicted molar refractivity (Wildman–Crippen MR) is 176 cm³/mol. The summed E-state index contributed by atoms with van der Waals surface area (Å²) >= 11 is 0. The van der Waals surface area contributed by atoms with Gasteiger partial charge in [-0.05, 0) is 68.7 Å². The first-order valence-electron chi connectivity index (χ1n) is 15.3. The number of carbonyl (C=O) groups excluding carboxylic acids is 2. The molecule has 0 spiro atoms. The molecule has 46 heavy (non-hydrogen) atoms. The Morgan fingerprint density at radius 2 is 1.59 bits per heavy atom. The minimum atomic E-state index is -1.14. The molecule has 240 valence electrons. The van der Waals surface area contributed by atoms with Gasteiger partial charge in [-0.3, -0.25) is 14.2 Å². The van der Waals surface area contributed by atoms with Crippen LogP contribution in [0.1, 0.15) is 62.4 Å². The van der Waals surface area contributed by atoms with Crippen LogP contribution in [0.3, 0.4) is 0 Å². The molecule has 11 heteroatoms. The monoisotopic (exact) mass is 626 g/mol. The van der Waals surface area contributed by atoms with E-state index in [0.29, 0.717) is 30.6 Å². The number of aromatic hydroxyl groups is 1. The van der Waals surface area contributed by atoms with E-state index in [1.54, 1.807) is 53.5 Å². The number of rotatable bonds is 12. The number of aromatic carboxylic acids is 1. The Morgan fingerprint density at radius 1 is 0.891 bits per heavy atom. The van der Waals surface area contributed by atoms with Crippen LogP contribution in [-0.2, 0) is 11.3 Å². The number of carboxylic acid groups (broad SMARTS) is 1. The van der Waals surface area contributed by atoms with Crippen LogP contribution in [0.15, 0.2) is 94.1 Å². The van der Waals surface area contributed by atoms with Gasteiger partial charge in [-0.25, -0.2) is 23.9 Å². The van der Waals surface area contributed by atoms with Crippen molar-refractivity contribution in [1.82, 2.24) is 14.0 Å². The van der Waals surface area contributed by atoms with Gasteiger partial charge in [-0.2, -0.15) is 0 Å². The van der Waals surface area contributed by atoms with Crippen LogP contribution in [0.4, 0.5) is 10.5 Å². The van der Waals surface area contributed by atoms with Crippen LogP contribution in [0.25, 0.3) is 11.8 Å². The number of carbonyl (C=O) groups is 3. The molecule has 0 aliphatic carbocycles. The molecule has 1 atom stereocenters. The van der Waals surface area contributed by atoms with Gasteiger partial charge in [0.05, 0.1) is 23.0 Å². The molecule has 3 amide bonds. The van der Waals surface area contributed by atoms with Gasteiger partial charge < -0.3 is 15.1 Å². The van der Waals surface area contributed by atoms with Gasteiger partial charge in [-0.1, -0.05) is 62.8 Å². The van der Waals surface area contributed by atoms with Crippen molar-refractivity contribution in [2.24, 2.45) is 0 Å². The maximum absolute atomic E-state index is 13.5. The van der Waals surface area contributed by atoms with E-state index in [0.717, 1.165) is 22.0 Å². The largest absolute Gasteiger partial charge is 0.494 e. The van der Waals surface area contributed by atoms with Gasteiger partial charge in [0.15, 0.2) is 0 Å². The number of hydrogen-bond acceptors (Lipinski definition) is 6. The van der Waals surface area contributed by atoms with Gasteiger partial charge >= 0.3 is 17.7 Å². The summed E-state index contributed by atoms with van der Waals surface area (Å²) in [5.41, 5.74) is -0.445. The maximum Gasteiger partial charge on any atom is 0.338 e. The van der Waals surface area contributed by atoms with Crippen molar-refractivity contribution in [3.63, 3.8) is 0 Å². The van der Waals surface area contributed by atoms with E-state index in [4.69, 9.17) is 0 Å². The van der Waals surface area contributed by atoms with Gasteiger partial charge in [0.1, 0.15) is 5.56 Å². The summed E-state index contributed by atoms with van der Waals surface area (Å²) in [6.07, 6.45) is 10.7. The quantitative estimate of drug-likeness (QED) is 0.204. The van der Waals surface area contributed by atoms with E-state index in [-0.39, 0.29) is 35.3 Å². The first-order chi connectivity index (χ1) is 22.1. The van der Waals surface area contributed by atoms with Gasteiger partial charge in [-0.15, -0.1) is 0 Å². The molecule has 2 aromatic carbocycles. The number of aromatic nitrogens is 2. The summed E-state index contributed by atoms with van der Waals surface area (Å²) in [5.74, 6) is -1.99. The number of unbranched alkanes of at least 4 members (excludes halogenated alkanes) is 1. The zero-order valence-corrected chi connectivity index (χ0v) is 26.1. The summed E-state index contributed by atoms with van der Waals surface area (Å²) < 4.78 is 2.00. The number of carboxylic acids is 1. The molecule has 1 aliphatic heterocycles. The molecular weight excluding hydrogens is 588 g/mol. The highest BCUT2D eigenvalue weighted by Gasteiger charge is 2.40. The van der Waals surface area contributed by atoms with E-state index in [9.17, 15) is 34.2 Å². The number of urea groups is 1. The van der Waals surface area contributed by atoms with Crippen molar-refractivity contribution in [1.29, 1.82) is 0 Å². The van der Waals surface area contributed by atoms with Crippen LogP contribution < -0.4 is 16.1 Å². The minimum absolute atomic E-state index is 0.00190. The number of imide groups is 1. The fourth-order valence-electron chi connectivity index (χ4n) is 5.25. The molecule has 4 rings (SSSR count). The Kier molecular flexibility index (Phi) is 10.9. The number of allylic oxidation sites excluding steroid dienone is 4. The van der Waals surface area contributed by atoms with Gasteiger partial charge in [0, 0.05) is 18.7 Å². The molecule has 0 saturated carbocycles. The second kappa shape index (κ2) is 15.0. The van der Waals surface area contributed by atoms with E-state index < -0.39 is 29.1 Å². The number of hydrogen-bond donors (Lipinski definition) is 2. The van der Waals surface area contributed by atoms with Gasteiger partial charge in [0.2, 0.25) is 5.88 Å². The molecule has 11 nitrogen and oxygen atoms in total. The third-order valence-electron chi connectivity index (χ3n) is 7.73. The topological polar surface area (TPSA) is 142 Å².